The van der Waals surface area contributed by atoms with Crippen LogP contribution in [0.25, 0.3) is 0 Å². The summed E-state index contributed by atoms with van der Waals surface area (Å²) in [6.45, 7) is 6.42. The Labute approximate surface area is 129 Å². The first-order valence-corrected chi connectivity index (χ1v) is 7.62. The van der Waals surface area contributed by atoms with Gasteiger partial charge in [-0.05, 0) is 32.0 Å². The number of unbranched alkanes of at least 4 members (excludes halogenated alkanes) is 1. The number of aromatic nitrogens is 2. The highest BCUT2D eigenvalue weighted by molar-refractivity contribution is 7.80. The van der Waals surface area contributed by atoms with Crippen LogP contribution in [0.4, 0.5) is 0 Å². The SMILES string of the molecule is CCCCNC(=S)NCCCn1nc(C)c(Cl)c1Cl. The van der Waals surface area contributed by atoms with Gasteiger partial charge in [0.25, 0.3) is 0 Å². The monoisotopic (exact) mass is 322 g/mol. The third kappa shape index (κ3) is 5.55. The van der Waals surface area contributed by atoms with Crippen LogP contribution in [0.5, 0.6) is 0 Å². The lowest BCUT2D eigenvalue weighted by atomic mass is 10.3. The summed E-state index contributed by atoms with van der Waals surface area (Å²) in [5.41, 5.74) is 0.761. The molecule has 19 heavy (non-hydrogen) atoms. The molecule has 1 aromatic rings. The van der Waals surface area contributed by atoms with Gasteiger partial charge in [0.05, 0.1) is 5.69 Å². The van der Waals surface area contributed by atoms with E-state index in [2.05, 4.69) is 22.7 Å². The molecule has 7 heteroatoms. The Hall–Kier alpha value is -0.520. The van der Waals surface area contributed by atoms with Gasteiger partial charge in [0.15, 0.2) is 5.11 Å². The number of nitrogens with zero attached hydrogens (tertiary/aromatic N) is 2. The van der Waals surface area contributed by atoms with E-state index in [1.165, 1.54) is 0 Å². The van der Waals surface area contributed by atoms with E-state index in [0.717, 1.165) is 44.6 Å². The summed E-state index contributed by atoms with van der Waals surface area (Å²) in [5.74, 6) is 0. The largest absolute Gasteiger partial charge is 0.363 e. The van der Waals surface area contributed by atoms with Crippen LogP contribution in [0.2, 0.25) is 10.2 Å². The van der Waals surface area contributed by atoms with Crippen LogP contribution in [0.15, 0.2) is 0 Å². The summed E-state index contributed by atoms with van der Waals surface area (Å²) in [7, 11) is 0. The Kier molecular flexibility index (Phi) is 7.49. The van der Waals surface area contributed by atoms with E-state index in [0.29, 0.717) is 15.3 Å². The minimum Gasteiger partial charge on any atom is -0.363 e. The zero-order chi connectivity index (χ0) is 14.3. The molecule has 0 aromatic carbocycles. The number of halogens is 2. The molecule has 1 heterocycles. The molecule has 0 aliphatic rings. The minimum atomic E-state index is 0.503. The van der Waals surface area contributed by atoms with E-state index in [1.54, 1.807) is 4.68 Å². The highest BCUT2D eigenvalue weighted by Crippen LogP contribution is 2.24. The van der Waals surface area contributed by atoms with Crippen molar-refractivity contribution < 1.29 is 0 Å². The molecule has 0 fully saturated rings. The van der Waals surface area contributed by atoms with E-state index in [1.807, 2.05) is 6.92 Å². The molecule has 0 spiro atoms. The lowest BCUT2D eigenvalue weighted by Gasteiger charge is -2.10. The second-order valence-corrected chi connectivity index (χ2v) is 5.45. The lowest BCUT2D eigenvalue weighted by molar-refractivity contribution is 0.568. The lowest BCUT2D eigenvalue weighted by Crippen LogP contribution is -2.36. The van der Waals surface area contributed by atoms with Crippen molar-refractivity contribution in [3.63, 3.8) is 0 Å². The Morgan fingerprint density at radius 3 is 2.42 bits per heavy atom. The zero-order valence-electron chi connectivity index (χ0n) is 11.3. The van der Waals surface area contributed by atoms with Gasteiger partial charge in [-0.2, -0.15) is 5.10 Å². The van der Waals surface area contributed by atoms with Crippen LogP contribution in [0.3, 0.4) is 0 Å². The van der Waals surface area contributed by atoms with Crippen molar-refractivity contribution in [1.82, 2.24) is 20.4 Å². The Morgan fingerprint density at radius 1 is 1.26 bits per heavy atom. The zero-order valence-corrected chi connectivity index (χ0v) is 13.6. The Bertz CT molecular complexity index is 420. The first-order chi connectivity index (χ1) is 9.06. The van der Waals surface area contributed by atoms with Crippen LogP contribution in [0.1, 0.15) is 31.9 Å². The van der Waals surface area contributed by atoms with Gasteiger partial charge in [-0.3, -0.25) is 4.68 Å². The maximum atomic E-state index is 6.05. The molecule has 0 saturated carbocycles. The molecule has 0 aliphatic carbocycles. The van der Waals surface area contributed by atoms with E-state index in [-0.39, 0.29) is 0 Å². The molecule has 0 amide bonds. The first-order valence-electron chi connectivity index (χ1n) is 6.46. The average Bonchev–Trinajstić information content (AvgIpc) is 2.63. The third-order valence-corrected chi connectivity index (χ3v) is 3.87. The van der Waals surface area contributed by atoms with Crippen molar-refractivity contribution in [3.05, 3.63) is 15.9 Å². The van der Waals surface area contributed by atoms with Crippen molar-refractivity contribution in [1.29, 1.82) is 0 Å². The molecule has 0 bridgehead atoms. The average molecular weight is 323 g/mol. The number of rotatable bonds is 7. The van der Waals surface area contributed by atoms with Crippen molar-refractivity contribution >= 4 is 40.5 Å². The molecular formula is C12H20Cl2N4S. The molecule has 1 aromatic heterocycles. The summed E-state index contributed by atoms with van der Waals surface area (Å²) in [6.07, 6.45) is 3.17. The van der Waals surface area contributed by atoms with Crippen molar-refractivity contribution in [2.75, 3.05) is 13.1 Å². The van der Waals surface area contributed by atoms with Crippen LogP contribution >= 0.6 is 35.4 Å². The molecule has 0 aliphatic heterocycles. The predicted molar refractivity (Wildman–Crippen MR) is 85.1 cm³/mol. The molecule has 1 rings (SSSR count). The minimum absolute atomic E-state index is 0.503. The smallest absolute Gasteiger partial charge is 0.166 e. The van der Waals surface area contributed by atoms with Gasteiger partial charge in [0, 0.05) is 19.6 Å². The molecular weight excluding hydrogens is 303 g/mol. The summed E-state index contributed by atoms with van der Waals surface area (Å²) in [4.78, 5) is 0. The fourth-order valence-corrected chi connectivity index (χ4v) is 2.15. The van der Waals surface area contributed by atoms with Crippen LogP contribution < -0.4 is 10.6 Å². The third-order valence-electron chi connectivity index (χ3n) is 2.64. The summed E-state index contributed by atoms with van der Waals surface area (Å²) >= 11 is 17.2. The van der Waals surface area contributed by atoms with Gasteiger partial charge < -0.3 is 10.6 Å². The quantitative estimate of drug-likeness (QED) is 0.597. The van der Waals surface area contributed by atoms with Crippen LogP contribution in [-0.4, -0.2) is 28.0 Å². The van der Waals surface area contributed by atoms with E-state index in [4.69, 9.17) is 35.4 Å². The molecule has 0 radical (unpaired) electrons. The summed E-state index contributed by atoms with van der Waals surface area (Å²) in [5, 5.41) is 12.3. The van der Waals surface area contributed by atoms with E-state index < -0.39 is 0 Å². The first kappa shape index (κ1) is 16.5. The maximum Gasteiger partial charge on any atom is 0.166 e. The van der Waals surface area contributed by atoms with Gasteiger partial charge >= 0.3 is 0 Å². The summed E-state index contributed by atoms with van der Waals surface area (Å²) in [6, 6.07) is 0. The van der Waals surface area contributed by atoms with Gasteiger partial charge in [-0.15, -0.1) is 0 Å². The van der Waals surface area contributed by atoms with Crippen molar-refractivity contribution in [2.45, 2.75) is 39.7 Å². The van der Waals surface area contributed by atoms with Crippen LogP contribution in [-0.2, 0) is 6.54 Å². The predicted octanol–water partition coefficient (Wildman–Crippen LogP) is 3.15. The maximum absolute atomic E-state index is 6.05. The second-order valence-electron chi connectivity index (χ2n) is 4.30. The Morgan fingerprint density at radius 2 is 1.89 bits per heavy atom. The molecule has 0 atom stereocenters. The van der Waals surface area contributed by atoms with Crippen LogP contribution in [0, 0.1) is 6.92 Å². The molecule has 0 unspecified atom stereocenters. The van der Waals surface area contributed by atoms with Gasteiger partial charge in [-0.25, -0.2) is 0 Å². The number of hydrogen-bond acceptors (Lipinski definition) is 2. The standard InChI is InChI=1S/C12H20Cl2N4S/c1-3-4-6-15-12(19)16-7-5-8-18-11(14)10(13)9(2)17-18/h3-8H2,1-2H3,(H2,15,16,19). The highest BCUT2D eigenvalue weighted by atomic mass is 35.5. The normalized spacial score (nSPS) is 10.5. The van der Waals surface area contributed by atoms with Gasteiger partial charge in [0.2, 0.25) is 0 Å². The Balaban J connectivity index is 2.20. The fourth-order valence-electron chi connectivity index (χ4n) is 1.55. The number of nitrogens with one attached hydrogen (secondary N) is 2. The topological polar surface area (TPSA) is 41.9 Å². The molecule has 108 valence electrons. The van der Waals surface area contributed by atoms with Gasteiger partial charge in [0.1, 0.15) is 10.2 Å². The van der Waals surface area contributed by atoms with Crippen molar-refractivity contribution in [2.24, 2.45) is 0 Å². The van der Waals surface area contributed by atoms with Gasteiger partial charge in [-0.1, -0.05) is 36.5 Å². The molecule has 0 saturated heterocycles. The second kappa shape index (κ2) is 8.61. The van der Waals surface area contributed by atoms with E-state index >= 15 is 0 Å². The van der Waals surface area contributed by atoms with Crippen molar-refractivity contribution in [3.8, 4) is 0 Å². The molecule has 2 N–H and O–H groups in total. The fraction of sp³-hybridized carbons (Fsp3) is 0.667. The number of hydrogen-bond donors (Lipinski definition) is 2. The molecule has 4 nitrogen and oxygen atoms in total. The number of thiocarbonyl (C=S) groups is 1. The number of aryl methyl sites for hydroxylation is 2. The highest BCUT2D eigenvalue weighted by Gasteiger charge is 2.10. The van der Waals surface area contributed by atoms with E-state index in [9.17, 15) is 0 Å². The summed E-state index contributed by atoms with van der Waals surface area (Å²) < 4.78 is 1.72.